The predicted octanol–water partition coefficient (Wildman–Crippen LogP) is 1.24. The molecule has 0 atom stereocenters. The Morgan fingerprint density at radius 3 is 2.28 bits per heavy atom. The first-order chi connectivity index (χ1) is 8.37. The molecular formula is C11H17N3O2S2. The highest BCUT2D eigenvalue weighted by Gasteiger charge is 2.16. The van der Waals surface area contributed by atoms with E-state index in [-0.39, 0.29) is 4.90 Å². The van der Waals surface area contributed by atoms with Crippen LogP contribution in [0.2, 0.25) is 0 Å². The zero-order valence-corrected chi connectivity index (χ0v) is 12.2. The fraction of sp³-hybridized carbons (Fsp3) is 0.364. The maximum atomic E-state index is 11.8. The van der Waals surface area contributed by atoms with Crippen LogP contribution in [0, 0.1) is 0 Å². The van der Waals surface area contributed by atoms with Gasteiger partial charge in [-0.05, 0) is 43.4 Å². The third-order valence-electron chi connectivity index (χ3n) is 2.23. The average Bonchev–Trinajstić information content (AvgIpc) is 2.29. The second-order valence-electron chi connectivity index (χ2n) is 3.80. The smallest absolute Gasteiger partial charge is 0.242 e. The summed E-state index contributed by atoms with van der Waals surface area (Å²) in [5.41, 5.74) is 0.749. The Bertz CT molecular complexity index is 510. The monoisotopic (exact) mass is 287 g/mol. The van der Waals surface area contributed by atoms with E-state index in [4.69, 9.17) is 12.2 Å². The van der Waals surface area contributed by atoms with E-state index in [1.807, 2.05) is 6.92 Å². The van der Waals surface area contributed by atoms with Crippen molar-refractivity contribution in [3.8, 4) is 0 Å². The van der Waals surface area contributed by atoms with Gasteiger partial charge in [0.1, 0.15) is 0 Å². The minimum Gasteiger partial charge on any atom is -0.363 e. The van der Waals surface area contributed by atoms with Crippen LogP contribution < -0.4 is 10.6 Å². The number of rotatable bonds is 4. The van der Waals surface area contributed by atoms with Gasteiger partial charge in [0.25, 0.3) is 0 Å². The fourth-order valence-corrected chi connectivity index (χ4v) is 2.42. The first-order valence-electron chi connectivity index (χ1n) is 5.45. The highest BCUT2D eigenvalue weighted by atomic mass is 32.2. The van der Waals surface area contributed by atoms with Crippen LogP contribution in [-0.2, 0) is 10.0 Å². The van der Waals surface area contributed by atoms with Crippen LogP contribution in [0.5, 0.6) is 0 Å². The molecule has 0 aliphatic carbocycles. The molecule has 0 aliphatic heterocycles. The van der Waals surface area contributed by atoms with Crippen molar-refractivity contribution in [2.24, 2.45) is 0 Å². The van der Waals surface area contributed by atoms with Gasteiger partial charge in [0.2, 0.25) is 10.0 Å². The molecule has 0 fully saturated rings. The lowest BCUT2D eigenvalue weighted by Gasteiger charge is -2.12. The summed E-state index contributed by atoms with van der Waals surface area (Å²) >= 11 is 5.03. The Labute approximate surface area is 113 Å². The minimum absolute atomic E-state index is 0.257. The van der Waals surface area contributed by atoms with Gasteiger partial charge < -0.3 is 10.6 Å². The van der Waals surface area contributed by atoms with E-state index in [0.717, 1.165) is 12.2 Å². The Hall–Kier alpha value is -1.18. The molecule has 0 bridgehead atoms. The minimum atomic E-state index is -3.38. The SMILES string of the molecule is CCNC(=S)Nc1ccc(S(=O)(=O)N(C)C)cc1. The van der Waals surface area contributed by atoms with Gasteiger partial charge in [0.05, 0.1) is 4.90 Å². The molecule has 1 aromatic rings. The van der Waals surface area contributed by atoms with Crippen molar-refractivity contribution in [1.82, 2.24) is 9.62 Å². The number of benzene rings is 1. The lowest BCUT2D eigenvalue weighted by atomic mass is 10.3. The molecule has 100 valence electrons. The van der Waals surface area contributed by atoms with E-state index in [2.05, 4.69) is 10.6 Å². The summed E-state index contributed by atoms with van der Waals surface area (Å²) in [6.07, 6.45) is 0. The number of thiocarbonyl (C=S) groups is 1. The number of hydrogen-bond donors (Lipinski definition) is 2. The molecule has 0 heterocycles. The van der Waals surface area contributed by atoms with E-state index in [1.165, 1.54) is 18.4 Å². The maximum absolute atomic E-state index is 11.8. The molecule has 0 saturated heterocycles. The predicted molar refractivity (Wildman–Crippen MR) is 77.2 cm³/mol. The standard InChI is InChI=1S/C11H17N3O2S2/c1-4-12-11(17)13-9-5-7-10(8-6-9)18(15,16)14(2)3/h5-8H,4H2,1-3H3,(H2,12,13,17). The topological polar surface area (TPSA) is 61.4 Å². The zero-order chi connectivity index (χ0) is 13.8. The molecule has 5 nitrogen and oxygen atoms in total. The third kappa shape index (κ3) is 3.66. The zero-order valence-electron chi connectivity index (χ0n) is 10.6. The highest BCUT2D eigenvalue weighted by molar-refractivity contribution is 7.89. The molecule has 1 aromatic carbocycles. The van der Waals surface area contributed by atoms with Crippen molar-refractivity contribution in [1.29, 1.82) is 0 Å². The molecule has 18 heavy (non-hydrogen) atoms. The van der Waals surface area contributed by atoms with E-state index in [9.17, 15) is 8.42 Å². The molecular weight excluding hydrogens is 270 g/mol. The van der Waals surface area contributed by atoms with Crippen LogP contribution in [0.25, 0.3) is 0 Å². The number of nitrogens with zero attached hydrogens (tertiary/aromatic N) is 1. The van der Waals surface area contributed by atoms with Crippen molar-refractivity contribution in [2.75, 3.05) is 26.0 Å². The fourth-order valence-electron chi connectivity index (χ4n) is 1.26. The van der Waals surface area contributed by atoms with Crippen LogP contribution >= 0.6 is 12.2 Å². The summed E-state index contributed by atoms with van der Waals surface area (Å²) in [5.74, 6) is 0. The van der Waals surface area contributed by atoms with Gasteiger partial charge in [-0.3, -0.25) is 0 Å². The number of anilines is 1. The molecule has 0 aliphatic rings. The summed E-state index contributed by atoms with van der Waals surface area (Å²) in [5, 5.41) is 6.43. The molecule has 0 unspecified atom stereocenters. The normalized spacial score (nSPS) is 11.3. The van der Waals surface area contributed by atoms with Gasteiger partial charge in [0.15, 0.2) is 5.11 Å². The maximum Gasteiger partial charge on any atom is 0.242 e. The Morgan fingerprint density at radius 1 is 1.28 bits per heavy atom. The van der Waals surface area contributed by atoms with E-state index < -0.39 is 10.0 Å². The summed E-state index contributed by atoms with van der Waals surface area (Å²) in [6, 6.07) is 6.46. The summed E-state index contributed by atoms with van der Waals surface area (Å²) in [6.45, 7) is 2.68. The quantitative estimate of drug-likeness (QED) is 0.816. The van der Waals surface area contributed by atoms with E-state index >= 15 is 0 Å². The van der Waals surface area contributed by atoms with Crippen molar-refractivity contribution in [2.45, 2.75) is 11.8 Å². The van der Waals surface area contributed by atoms with Crippen LogP contribution in [0.1, 0.15) is 6.92 Å². The molecule has 0 spiro atoms. The molecule has 0 aromatic heterocycles. The molecule has 0 saturated carbocycles. The third-order valence-corrected chi connectivity index (χ3v) is 4.30. The van der Waals surface area contributed by atoms with Gasteiger partial charge in [0, 0.05) is 26.3 Å². The van der Waals surface area contributed by atoms with Crippen LogP contribution in [0.3, 0.4) is 0 Å². The summed E-state index contributed by atoms with van der Waals surface area (Å²) in [4.78, 5) is 0.257. The summed E-state index contributed by atoms with van der Waals surface area (Å²) in [7, 11) is -0.372. The first-order valence-corrected chi connectivity index (χ1v) is 7.30. The van der Waals surface area contributed by atoms with Crippen molar-refractivity contribution >= 4 is 33.0 Å². The highest BCUT2D eigenvalue weighted by Crippen LogP contribution is 2.16. The van der Waals surface area contributed by atoms with Crippen LogP contribution in [-0.4, -0.2) is 38.5 Å². The lowest BCUT2D eigenvalue weighted by molar-refractivity contribution is 0.521. The van der Waals surface area contributed by atoms with Crippen LogP contribution in [0.15, 0.2) is 29.2 Å². The van der Waals surface area contributed by atoms with Gasteiger partial charge in [-0.15, -0.1) is 0 Å². The van der Waals surface area contributed by atoms with Crippen molar-refractivity contribution < 1.29 is 8.42 Å². The molecule has 2 N–H and O–H groups in total. The average molecular weight is 287 g/mol. The summed E-state index contributed by atoms with van der Waals surface area (Å²) < 4.78 is 24.8. The molecule has 0 amide bonds. The van der Waals surface area contributed by atoms with Gasteiger partial charge >= 0.3 is 0 Å². The lowest BCUT2D eigenvalue weighted by Crippen LogP contribution is -2.28. The number of nitrogens with one attached hydrogen (secondary N) is 2. The largest absolute Gasteiger partial charge is 0.363 e. The van der Waals surface area contributed by atoms with Gasteiger partial charge in [-0.1, -0.05) is 0 Å². The second-order valence-corrected chi connectivity index (χ2v) is 6.36. The Morgan fingerprint density at radius 2 is 1.83 bits per heavy atom. The molecule has 7 heteroatoms. The number of sulfonamides is 1. The van der Waals surface area contributed by atoms with Gasteiger partial charge in [-0.2, -0.15) is 0 Å². The van der Waals surface area contributed by atoms with E-state index in [0.29, 0.717) is 5.11 Å². The number of hydrogen-bond acceptors (Lipinski definition) is 3. The van der Waals surface area contributed by atoms with Crippen molar-refractivity contribution in [3.63, 3.8) is 0 Å². The first kappa shape index (κ1) is 14.9. The second kappa shape index (κ2) is 6.12. The Kier molecular flexibility index (Phi) is 5.06. The Balaban J connectivity index is 2.84. The van der Waals surface area contributed by atoms with Gasteiger partial charge in [-0.25, -0.2) is 12.7 Å². The van der Waals surface area contributed by atoms with E-state index in [1.54, 1.807) is 24.3 Å². The van der Waals surface area contributed by atoms with Crippen LogP contribution in [0.4, 0.5) is 5.69 Å². The molecule has 0 radical (unpaired) electrons. The molecule has 1 rings (SSSR count). The van der Waals surface area contributed by atoms with Crippen molar-refractivity contribution in [3.05, 3.63) is 24.3 Å².